The highest BCUT2D eigenvalue weighted by Gasteiger charge is 2.32. The van der Waals surface area contributed by atoms with Gasteiger partial charge in [0.2, 0.25) is 5.91 Å². The Labute approximate surface area is 144 Å². The van der Waals surface area contributed by atoms with Crippen molar-refractivity contribution < 1.29 is 4.79 Å². The number of carbonyl (C=O) groups excluding carboxylic acids is 1. The number of aryl methyl sites for hydroxylation is 1. The minimum absolute atomic E-state index is 0. The van der Waals surface area contributed by atoms with Crippen molar-refractivity contribution in [3.8, 4) is 0 Å². The van der Waals surface area contributed by atoms with E-state index in [1.165, 1.54) is 19.3 Å². The molecule has 0 saturated heterocycles. The fourth-order valence-electron chi connectivity index (χ4n) is 3.02. The van der Waals surface area contributed by atoms with E-state index in [9.17, 15) is 4.79 Å². The van der Waals surface area contributed by atoms with Gasteiger partial charge in [-0.1, -0.05) is 19.3 Å². The number of rotatable bonds is 6. The van der Waals surface area contributed by atoms with Crippen LogP contribution < -0.4 is 11.1 Å². The molecule has 128 valence electrons. The van der Waals surface area contributed by atoms with E-state index in [1.807, 2.05) is 11.5 Å². The molecular weight excluding hydrogens is 325 g/mol. The Morgan fingerprint density at radius 3 is 2.64 bits per heavy atom. The lowest BCUT2D eigenvalue weighted by Gasteiger charge is -2.35. The van der Waals surface area contributed by atoms with Crippen molar-refractivity contribution in [1.82, 2.24) is 20.1 Å². The van der Waals surface area contributed by atoms with Crippen molar-refractivity contribution >= 4 is 30.7 Å². The lowest BCUT2D eigenvalue weighted by atomic mass is 9.71. The van der Waals surface area contributed by atoms with E-state index < -0.39 is 0 Å². The second-order valence-electron chi connectivity index (χ2n) is 5.75. The first-order chi connectivity index (χ1) is 9.69. The van der Waals surface area contributed by atoms with E-state index >= 15 is 0 Å². The summed E-state index contributed by atoms with van der Waals surface area (Å²) in [5, 5.41) is 10.8. The minimum atomic E-state index is 0. The molecule has 1 aliphatic rings. The van der Waals surface area contributed by atoms with Crippen LogP contribution >= 0.6 is 24.8 Å². The van der Waals surface area contributed by atoms with E-state index in [4.69, 9.17) is 5.73 Å². The first-order valence-corrected chi connectivity index (χ1v) is 7.52. The molecule has 1 aromatic heterocycles. The summed E-state index contributed by atoms with van der Waals surface area (Å²) in [6.45, 7) is 3.88. The van der Waals surface area contributed by atoms with Gasteiger partial charge in [0.25, 0.3) is 0 Å². The molecule has 2 rings (SSSR count). The highest BCUT2D eigenvalue weighted by molar-refractivity contribution is 5.85. The van der Waals surface area contributed by atoms with E-state index in [0.29, 0.717) is 19.5 Å². The molecule has 0 spiro atoms. The number of nitrogens with zero attached hydrogens (tertiary/aromatic N) is 3. The molecule has 1 saturated carbocycles. The van der Waals surface area contributed by atoms with Gasteiger partial charge in [-0.2, -0.15) is 0 Å². The lowest BCUT2D eigenvalue weighted by Crippen LogP contribution is -2.38. The Morgan fingerprint density at radius 2 is 2.05 bits per heavy atom. The zero-order chi connectivity index (χ0) is 14.4. The second-order valence-corrected chi connectivity index (χ2v) is 5.75. The molecule has 1 aromatic rings. The molecule has 0 aliphatic heterocycles. The van der Waals surface area contributed by atoms with Gasteiger partial charge in [-0.3, -0.25) is 4.79 Å². The van der Waals surface area contributed by atoms with Gasteiger partial charge < -0.3 is 15.6 Å². The zero-order valence-corrected chi connectivity index (χ0v) is 14.7. The van der Waals surface area contributed by atoms with Gasteiger partial charge in [-0.15, -0.1) is 35.0 Å². The van der Waals surface area contributed by atoms with Crippen molar-refractivity contribution in [2.45, 2.75) is 58.5 Å². The Bertz CT molecular complexity index is 446. The van der Waals surface area contributed by atoms with Crippen LogP contribution in [0.3, 0.4) is 0 Å². The van der Waals surface area contributed by atoms with Gasteiger partial charge in [0.1, 0.15) is 6.33 Å². The molecule has 0 aromatic carbocycles. The van der Waals surface area contributed by atoms with Crippen molar-refractivity contribution in [3.63, 3.8) is 0 Å². The summed E-state index contributed by atoms with van der Waals surface area (Å²) in [5.41, 5.74) is 5.93. The van der Waals surface area contributed by atoms with Crippen LogP contribution in [0, 0.1) is 5.41 Å². The number of halogens is 2. The maximum absolute atomic E-state index is 12.1. The Balaban J connectivity index is 0.00000220. The van der Waals surface area contributed by atoms with E-state index in [2.05, 4.69) is 15.5 Å². The monoisotopic (exact) mass is 351 g/mol. The van der Waals surface area contributed by atoms with Crippen LogP contribution in [0.25, 0.3) is 0 Å². The fraction of sp³-hybridized carbons (Fsp3) is 0.786. The van der Waals surface area contributed by atoms with Gasteiger partial charge in [0.05, 0.1) is 6.54 Å². The number of aromatic nitrogens is 3. The van der Waals surface area contributed by atoms with Crippen LogP contribution in [0.1, 0.15) is 51.3 Å². The number of hydrogen-bond acceptors (Lipinski definition) is 4. The highest BCUT2D eigenvalue weighted by Crippen LogP contribution is 2.38. The van der Waals surface area contributed by atoms with Gasteiger partial charge in [-0.05, 0) is 31.7 Å². The van der Waals surface area contributed by atoms with Gasteiger partial charge in [-0.25, -0.2) is 0 Å². The molecule has 0 unspecified atom stereocenters. The summed E-state index contributed by atoms with van der Waals surface area (Å²) in [7, 11) is 0. The normalized spacial score (nSPS) is 16.3. The van der Waals surface area contributed by atoms with Crippen LogP contribution in [0.4, 0.5) is 0 Å². The van der Waals surface area contributed by atoms with Crippen molar-refractivity contribution in [2.24, 2.45) is 11.1 Å². The molecular formula is C14H27Cl2N5O. The predicted octanol–water partition coefficient (Wildman–Crippen LogP) is 2.06. The first-order valence-electron chi connectivity index (χ1n) is 7.52. The van der Waals surface area contributed by atoms with Crippen molar-refractivity contribution in [2.75, 3.05) is 6.54 Å². The third kappa shape index (κ3) is 5.41. The standard InChI is InChI=1S/C14H25N5O.2ClH/c1-2-19-11-17-18-12(19)9-16-13(20)8-14(10-15)6-4-3-5-7-14;;/h11H,2-10,15H2,1H3,(H,16,20);2*1H. The van der Waals surface area contributed by atoms with E-state index in [1.54, 1.807) is 6.33 Å². The van der Waals surface area contributed by atoms with Gasteiger partial charge in [0, 0.05) is 13.0 Å². The smallest absolute Gasteiger partial charge is 0.220 e. The Morgan fingerprint density at radius 1 is 1.36 bits per heavy atom. The SMILES string of the molecule is CCn1cnnc1CNC(=O)CC1(CN)CCCCC1.Cl.Cl. The molecule has 8 heteroatoms. The molecule has 0 bridgehead atoms. The van der Waals surface area contributed by atoms with Gasteiger partial charge >= 0.3 is 0 Å². The number of nitrogens with two attached hydrogens (primary N) is 1. The number of amides is 1. The average Bonchev–Trinajstić information content (AvgIpc) is 2.93. The van der Waals surface area contributed by atoms with Crippen LogP contribution in [-0.2, 0) is 17.9 Å². The number of nitrogens with one attached hydrogen (secondary N) is 1. The Kier molecular flexibility index (Phi) is 9.64. The van der Waals surface area contributed by atoms with Crippen molar-refractivity contribution in [3.05, 3.63) is 12.2 Å². The Hall–Kier alpha value is -0.850. The molecule has 3 N–H and O–H groups in total. The lowest BCUT2D eigenvalue weighted by molar-refractivity contribution is -0.124. The average molecular weight is 352 g/mol. The van der Waals surface area contributed by atoms with Crippen LogP contribution in [0.2, 0.25) is 0 Å². The summed E-state index contributed by atoms with van der Waals surface area (Å²) in [6, 6.07) is 0. The summed E-state index contributed by atoms with van der Waals surface area (Å²) in [4.78, 5) is 12.1. The largest absolute Gasteiger partial charge is 0.349 e. The molecule has 1 heterocycles. The van der Waals surface area contributed by atoms with Crippen molar-refractivity contribution in [1.29, 1.82) is 0 Å². The highest BCUT2D eigenvalue weighted by atomic mass is 35.5. The molecule has 0 radical (unpaired) electrons. The minimum Gasteiger partial charge on any atom is -0.349 e. The van der Waals surface area contributed by atoms with E-state index in [-0.39, 0.29) is 36.1 Å². The quantitative estimate of drug-likeness (QED) is 0.821. The van der Waals surface area contributed by atoms with Crippen LogP contribution in [-0.4, -0.2) is 27.2 Å². The summed E-state index contributed by atoms with van der Waals surface area (Å²) in [6.07, 6.45) is 8.00. The summed E-state index contributed by atoms with van der Waals surface area (Å²) >= 11 is 0. The number of hydrogen-bond donors (Lipinski definition) is 2. The maximum Gasteiger partial charge on any atom is 0.220 e. The fourth-order valence-corrected chi connectivity index (χ4v) is 3.02. The zero-order valence-electron chi connectivity index (χ0n) is 13.1. The molecule has 1 amide bonds. The third-order valence-electron chi connectivity index (χ3n) is 4.36. The maximum atomic E-state index is 12.1. The first kappa shape index (κ1) is 21.1. The topological polar surface area (TPSA) is 85.8 Å². The third-order valence-corrected chi connectivity index (χ3v) is 4.36. The van der Waals surface area contributed by atoms with Crippen LogP contribution in [0.5, 0.6) is 0 Å². The molecule has 0 atom stereocenters. The molecule has 1 aliphatic carbocycles. The molecule has 1 fully saturated rings. The summed E-state index contributed by atoms with van der Waals surface area (Å²) in [5.74, 6) is 0.870. The number of carbonyl (C=O) groups is 1. The van der Waals surface area contributed by atoms with E-state index in [0.717, 1.165) is 25.2 Å². The predicted molar refractivity (Wildman–Crippen MR) is 91.2 cm³/mol. The molecule has 6 nitrogen and oxygen atoms in total. The van der Waals surface area contributed by atoms with Crippen LogP contribution in [0.15, 0.2) is 6.33 Å². The molecule has 22 heavy (non-hydrogen) atoms. The van der Waals surface area contributed by atoms with Gasteiger partial charge in [0.15, 0.2) is 5.82 Å². The second kappa shape index (κ2) is 10.0. The summed E-state index contributed by atoms with van der Waals surface area (Å²) < 4.78 is 1.93.